The maximum atomic E-state index is 16.8. The van der Waals surface area contributed by atoms with Crippen LogP contribution in [0.25, 0.3) is 22.2 Å². The molecule has 4 aliphatic heterocycles. The van der Waals surface area contributed by atoms with Gasteiger partial charge < -0.3 is 14.4 Å². The molecule has 3 aromatic rings. The van der Waals surface area contributed by atoms with E-state index < -0.39 is 11.4 Å². The van der Waals surface area contributed by atoms with Gasteiger partial charge in [0.25, 0.3) is 0 Å². The summed E-state index contributed by atoms with van der Waals surface area (Å²) < 4.78 is 29.0. The highest BCUT2D eigenvalue weighted by Crippen LogP contribution is 2.50. The van der Waals surface area contributed by atoms with Crippen LogP contribution < -0.4 is 9.64 Å². The summed E-state index contributed by atoms with van der Waals surface area (Å²) in [5.41, 5.74) is 1.98. The molecule has 6 heterocycles. The van der Waals surface area contributed by atoms with Crippen LogP contribution in [0.2, 0.25) is 0 Å². The van der Waals surface area contributed by atoms with Gasteiger partial charge >= 0.3 is 12.1 Å². The molecule has 10 heteroatoms. The summed E-state index contributed by atoms with van der Waals surface area (Å²) in [5.74, 6) is 1.18. The summed E-state index contributed by atoms with van der Waals surface area (Å²) in [6.45, 7) is 11.8. The molecule has 0 radical (unpaired) electrons. The molecule has 2 bridgehead atoms. The van der Waals surface area contributed by atoms with E-state index in [2.05, 4.69) is 22.8 Å². The standard InChI is InChI=1S/C36H45FN6O3/c1-22-17-27(22)25-9-5-6-10-26(25)30-29(37)31-28(18-38-30)32(40-33(39-31)45-21-36-13-7-15-42(36)16-8-14-36)41-19-23-11-12-24(20-41)43(23)34(44)46-35(2,3)4/h5-6,9-10,18,22-24,27H,7-8,11-17,19-21H2,1-4H3/t22?,23-,24+,27?. The quantitative estimate of drug-likeness (QED) is 0.304. The summed E-state index contributed by atoms with van der Waals surface area (Å²) in [5, 5.41) is 0.567. The van der Waals surface area contributed by atoms with Gasteiger partial charge in [0.1, 0.15) is 29.2 Å². The number of aromatic nitrogens is 3. The van der Waals surface area contributed by atoms with Crippen molar-refractivity contribution in [1.29, 1.82) is 0 Å². The average Bonchev–Trinajstić information content (AvgIpc) is 3.28. The highest BCUT2D eigenvalue weighted by molar-refractivity contribution is 5.92. The van der Waals surface area contributed by atoms with E-state index in [-0.39, 0.29) is 35.2 Å². The van der Waals surface area contributed by atoms with Gasteiger partial charge in [-0.25, -0.2) is 9.18 Å². The Bertz CT molecular complexity index is 1650. The van der Waals surface area contributed by atoms with Gasteiger partial charge in [-0.1, -0.05) is 31.2 Å². The lowest BCUT2D eigenvalue weighted by Crippen LogP contribution is -2.57. The number of hydrogen-bond acceptors (Lipinski definition) is 8. The zero-order valence-corrected chi connectivity index (χ0v) is 27.5. The minimum atomic E-state index is -0.562. The van der Waals surface area contributed by atoms with Gasteiger partial charge in [-0.3, -0.25) is 14.8 Å². The Morgan fingerprint density at radius 3 is 2.43 bits per heavy atom. The smallest absolute Gasteiger partial charge is 0.410 e. The van der Waals surface area contributed by atoms with E-state index in [1.807, 2.05) is 43.9 Å². The number of halogens is 1. The zero-order chi connectivity index (χ0) is 31.8. The third kappa shape index (κ3) is 5.17. The van der Waals surface area contributed by atoms with Gasteiger partial charge in [0.15, 0.2) is 5.82 Å². The summed E-state index contributed by atoms with van der Waals surface area (Å²) >= 11 is 0. The van der Waals surface area contributed by atoms with E-state index in [0.717, 1.165) is 56.3 Å². The molecule has 9 nitrogen and oxygen atoms in total. The van der Waals surface area contributed by atoms with Gasteiger partial charge in [-0.2, -0.15) is 9.97 Å². The predicted molar refractivity (Wildman–Crippen MR) is 175 cm³/mol. The Hall–Kier alpha value is -3.53. The van der Waals surface area contributed by atoms with Crippen LogP contribution in [0.5, 0.6) is 6.01 Å². The first-order valence-corrected chi connectivity index (χ1v) is 17.2. The minimum absolute atomic E-state index is 0.0124. The van der Waals surface area contributed by atoms with Gasteiger partial charge in [0.05, 0.1) is 23.0 Å². The van der Waals surface area contributed by atoms with Gasteiger partial charge in [-0.15, -0.1) is 0 Å². The van der Waals surface area contributed by atoms with Gasteiger partial charge in [0, 0.05) is 24.8 Å². The number of rotatable bonds is 6. The highest BCUT2D eigenvalue weighted by Gasteiger charge is 2.47. The Balaban J connectivity index is 1.17. The topological polar surface area (TPSA) is 83.9 Å². The van der Waals surface area contributed by atoms with Crippen molar-refractivity contribution in [3.05, 3.63) is 41.8 Å². The molecule has 2 aromatic heterocycles. The number of pyridine rings is 1. The van der Waals surface area contributed by atoms with Crippen LogP contribution in [-0.2, 0) is 4.74 Å². The lowest BCUT2D eigenvalue weighted by molar-refractivity contribution is 0.0122. The molecule has 2 unspecified atom stereocenters. The molecule has 0 N–H and O–H groups in total. The van der Waals surface area contributed by atoms with E-state index in [0.29, 0.717) is 48.4 Å². The van der Waals surface area contributed by atoms with Crippen molar-refractivity contribution < 1.29 is 18.7 Å². The van der Waals surface area contributed by atoms with Crippen LogP contribution >= 0.6 is 0 Å². The normalized spacial score (nSPS) is 26.9. The predicted octanol–water partition coefficient (Wildman–Crippen LogP) is 6.55. The maximum absolute atomic E-state index is 16.8. The molecule has 1 amide bonds. The number of ether oxygens (including phenoxy) is 2. The average molecular weight is 629 g/mol. The molecule has 0 spiro atoms. The number of benzene rings is 1. The second-order valence-electron chi connectivity index (χ2n) is 15.3. The Morgan fingerprint density at radius 2 is 1.76 bits per heavy atom. The second-order valence-corrected chi connectivity index (χ2v) is 15.3. The van der Waals surface area contributed by atoms with E-state index >= 15 is 4.39 Å². The van der Waals surface area contributed by atoms with Crippen molar-refractivity contribution in [2.45, 2.75) is 102 Å². The van der Waals surface area contributed by atoms with Crippen LogP contribution in [0.3, 0.4) is 0 Å². The first-order chi connectivity index (χ1) is 22.1. The van der Waals surface area contributed by atoms with E-state index in [1.165, 1.54) is 12.8 Å². The number of carbonyl (C=O) groups is 1. The number of amides is 1. The largest absolute Gasteiger partial charge is 0.461 e. The summed E-state index contributed by atoms with van der Waals surface area (Å²) in [6, 6.07) is 8.22. The molecule has 46 heavy (non-hydrogen) atoms. The second kappa shape index (κ2) is 11.0. The number of carbonyl (C=O) groups excluding carboxylic acids is 1. The molecule has 1 aliphatic carbocycles. The summed E-state index contributed by atoms with van der Waals surface area (Å²) in [6.07, 6.45) is 8.88. The molecule has 244 valence electrons. The molecular weight excluding hydrogens is 583 g/mol. The maximum Gasteiger partial charge on any atom is 0.410 e. The Kier molecular flexibility index (Phi) is 7.16. The van der Waals surface area contributed by atoms with Crippen molar-refractivity contribution in [3.8, 4) is 17.3 Å². The molecule has 8 rings (SSSR count). The van der Waals surface area contributed by atoms with Crippen molar-refractivity contribution >= 4 is 22.8 Å². The third-order valence-electron chi connectivity index (χ3n) is 11.0. The third-order valence-corrected chi connectivity index (χ3v) is 11.0. The SMILES string of the molecule is CC1CC1c1ccccc1-c1ncc2c(N3C[C@H]4CC[C@@H](C3)N4C(=O)OC(C)(C)C)nc(OCC34CCCN3CCC4)nc2c1F. The lowest BCUT2D eigenvalue weighted by atomic mass is 9.95. The molecule has 4 atom stereocenters. The molecule has 1 saturated carbocycles. The fourth-order valence-corrected chi connectivity index (χ4v) is 8.66. The first kappa shape index (κ1) is 29.8. The molecule has 4 saturated heterocycles. The molecule has 5 aliphatic rings. The zero-order valence-electron chi connectivity index (χ0n) is 27.5. The van der Waals surface area contributed by atoms with Crippen molar-refractivity contribution in [2.75, 3.05) is 37.7 Å². The number of nitrogens with zero attached hydrogens (tertiary/aromatic N) is 6. The van der Waals surface area contributed by atoms with Crippen LogP contribution in [0.15, 0.2) is 30.5 Å². The monoisotopic (exact) mass is 628 g/mol. The summed E-state index contributed by atoms with van der Waals surface area (Å²) in [4.78, 5) is 34.3. The Morgan fingerprint density at radius 1 is 1.07 bits per heavy atom. The Labute approximate surface area is 270 Å². The van der Waals surface area contributed by atoms with Crippen LogP contribution in [0.1, 0.15) is 84.1 Å². The van der Waals surface area contributed by atoms with Crippen molar-refractivity contribution in [2.24, 2.45) is 5.92 Å². The molecular formula is C36H45FN6O3. The minimum Gasteiger partial charge on any atom is -0.461 e. The van der Waals surface area contributed by atoms with Crippen LogP contribution in [-0.4, -0.2) is 86.9 Å². The van der Waals surface area contributed by atoms with Gasteiger partial charge in [0.2, 0.25) is 0 Å². The van der Waals surface area contributed by atoms with Crippen LogP contribution in [0, 0.1) is 11.7 Å². The highest BCUT2D eigenvalue weighted by atomic mass is 19.1. The van der Waals surface area contributed by atoms with Crippen molar-refractivity contribution in [1.82, 2.24) is 24.8 Å². The van der Waals surface area contributed by atoms with Gasteiger partial charge in [-0.05, 0) is 96.2 Å². The molecule has 1 aromatic carbocycles. The number of piperazine rings is 1. The van der Waals surface area contributed by atoms with Crippen molar-refractivity contribution in [3.63, 3.8) is 0 Å². The first-order valence-electron chi connectivity index (χ1n) is 17.2. The van der Waals surface area contributed by atoms with E-state index in [1.54, 1.807) is 6.20 Å². The number of anilines is 1. The lowest BCUT2D eigenvalue weighted by Gasteiger charge is -2.42. The van der Waals surface area contributed by atoms with E-state index in [9.17, 15) is 4.79 Å². The fourth-order valence-electron chi connectivity index (χ4n) is 8.66. The van der Waals surface area contributed by atoms with E-state index in [4.69, 9.17) is 24.4 Å². The number of hydrogen-bond donors (Lipinski definition) is 0. The molecule has 5 fully saturated rings. The number of fused-ring (bicyclic) bond motifs is 4. The van der Waals surface area contributed by atoms with Crippen LogP contribution in [0.4, 0.5) is 15.0 Å². The summed E-state index contributed by atoms with van der Waals surface area (Å²) in [7, 11) is 0. The fraction of sp³-hybridized carbons (Fsp3) is 0.611.